The first-order chi connectivity index (χ1) is 8.34. The van der Waals surface area contributed by atoms with Crippen molar-refractivity contribution in [2.45, 2.75) is 29.4 Å². The van der Waals surface area contributed by atoms with Crippen molar-refractivity contribution in [3.8, 4) is 0 Å². The van der Waals surface area contributed by atoms with Crippen molar-refractivity contribution in [2.24, 2.45) is 0 Å². The van der Waals surface area contributed by atoms with Crippen molar-refractivity contribution in [1.82, 2.24) is 0 Å². The third-order valence-corrected chi connectivity index (χ3v) is 4.83. The zero-order chi connectivity index (χ0) is 11.7. The molecule has 0 saturated heterocycles. The average Bonchev–Trinajstić information content (AvgIpc) is 2.40. The predicted octanol–water partition coefficient (Wildman–Crippen LogP) is 5.03. The van der Waals surface area contributed by atoms with Gasteiger partial charge in [-0.1, -0.05) is 55.5 Å². The molecule has 3 rings (SSSR count). The van der Waals surface area contributed by atoms with Gasteiger partial charge in [0.15, 0.2) is 0 Å². The molecule has 0 aliphatic carbocycles. The molecule has 0 N–H and O–H groups in total. The van der Waals surface area contributed by atoms with Crippen molar-refractivity contribution in [3.63, 3.8) is 0 Å². The highest BCUT2D eigenvalue weighted by Crippen LogP contribution is 2.49. The molecule has 2 aromatic carbocycles. The van der Waals surface area contributed by atoms with E-state index < -0.39 is 0 Å². The Morgan fingerprint density at radius 2 is 1.65 bits per heavy atom. The van der Waals surface area contributed by atoms with Crippen molar-refractivity contribution in [3.05, 3.63) is 65.7 Å². The zero-order valence-electron chi connectivity index (χ0n) is 9.97. The maximum absolute atomic E-state index is 2.34. The molecular weight excluding hydrogens is 224 g/mol. The molecule has 0 saturated carbocycles. The summed E-state index contributed by atoms with van der Waals surface area (Å²) in [4.78, 5) is 1.46. The Bertz CT molecular complexity index is 504. The largest absolute Gasteiger partial charge is 0.118 e. The Kier molecular flexibility index (Phi) is 2.94. The standard InChI is InChI=1S/C16H16S/c1-12-11-16(13-7-3-2-4-8-13)17-15-10-6-5-9-14(12)15/h2-10,12,16H,11H2,1H3. The molecule has 2 atom stereocenters. The third kappa shape index (κ3) is 2.12. The van der Waals surface area contributed by atoms with Gasteiger partial charge in [-0.15, -0.1) is 11.8 Å². The molecule has 0 aromatic heterocycles. The van der Waals surface area contributed by atoms with E-state index in [1.165, 1.54) is 22.4 Å². The fraction of sp³-hybridized carbons (Fsp3) is 0.250. The monoisotopic (exact) mass is 240 g/mol. The van der Waals surface area contributed by atoms with Gasteiger partial charge < -0.3 is 0 Å². The molecule has 1 aliphatic heterocycles. The minimum absolute atomic E-state index is 0.612. The van der Waals surface area contributed by atoms with Gasteiger partial charge in [-0.3, -0.25) is 0 Å². The van der Waals surface area contributed by atoms with E-state index >= 15 is 0 Å². The van der Waals surface area contributed by atoms with Gasteiger partial charge in [-0.2, -0.15) is 0 Å². The van der Waals surface area contributed by atoms with Crippen molar-refractivity contribution < 1.29 is 0 Å². The summed E-state index contributed by atoms with van der Waals surface area (Å²) in [5, 5.41) is 0.612. The highest BCUT2D eigenvalue weighted by Gasteiger charge is 2.25. The van der Waals surface area contributed by atoms with Crippen molar-refractivity contribution >= 4 is 11.8 Å². The van der Waals surface area contributed by atoms with Crippen LogP contribution in [-0.2, 0) is 0 Å². The van der Waals surface area contributed by atoms with Gasteiger partial charge in [0, 0.05) is 10.1 Å². The second-order valence-electron chi connectivity index (χ2n) is 4.69. The molecule has 0 amide bonds. The highest BCUT2D eigenvalue weighted by molar-refractivity contribution is 7.99. The zero-order valence-corrected chi connectivity index (χ0v) is 10.8. The smallest absolute Gasteiger partial charge is 0.0350 e. The number of thioether (sulfide) groups is 1. The molecule has 0 bridgehead atoms. The van der Waals surface area contributed by atoms with Crippen LogP contribution in [0.4, 0.5) is 0 Å². The van der Waals surface area contributed by atoms with Crippen LogP contribution in [0.1, 0.15) is 35.6 Å². The Hall–Kier alpha value is -1.21. The van der Waals surface area contributed by atoms with Gasteiger partial charge in [0.05, 0.1) is 0 Å². The maximum atomic E-state index is 2.34. The van der Waals surface area contributed by atoms with Crippen LogP contribution >= 0.6 is 11.8 Å². The Labute approximate surface area is 107 Å². The van der Waals surface area contributed by atoms with E-state index in [0.717, 1.165) is 0 Å². The van der Waals surface area contributed by atoms with Crippen LogP contribution in [0.25, 0.3) is 0 Å². The summed E-state index contributed by atoms with van der Waals surface area (Å²) >= 11 is 2.01. The van der Waals surface area contributed by atoms with Crippen LogP contribution in [0.3, 0.4) is 0 Å². The second kappa shape index (κ2) is 4.58. The van der Waals surface area contributed by atoms with Crippen molar-refractivity contribution in [1.29, 1.82) is 0 Å². The number of fused-ring (bicyclic) bond motifs is 1. The summed E-state index contributed by atoms with van der Waals surface area (Å²) in [6.07, 6.45) is 1.24. The molecular formula is C16H16S. The van der Waals surface area contributed by atoms with Crippen LogP contribution in [-0.4, -0.2) is 0 Å². The summed E-state index contributed by atoms with van der Waals surface area (Å²) in [6.45, 7) is 2.34. The third-order valence-electron chi connectivity index (χ3n) is 3.46. The first kappa shape index (κ1) is 10.9. The molecule has 2 aromatic rings. The molecule has 1 heteroatoms. The van der Waals surface area contributed by atoms with E-state index in [1.54, 1.807) is 0 Å². The molecule has 0 nitrogen and oxygen atoms in total. The van der Waals surface area contributed by atoms with E-state index in [1.807, 2.05) is 11.8 Å². The number of benzene rings is 2. The summed E-state index contributed by atoms with van der Waals surface area (Å²) in [6, 6.07) is 19.7. The van der Waals surface area contributed by atoms with Gasteiger partial charge in [-0.25, -0.2) is 0 Å². The Morgan fingerprint density at radius 1 is 0.941 bits per heavy atom. The fourth-order valence-corrected chi connectivity index (χ4v) is 4.06. The Balaban J connectivity index is 1.94. The van der Waals surface area contributed by atoms with Gasteiger partial charge in [0.25, 0.3) is 0 Å². The number of hydrogen-bond donors (Lipinski definition) is 0. The topological polar surface area (TPSA) is 0 Å². The lowest BCUT2D eigenvalue weighted by atomic mass is 9.93. The maximum Gasteiger partial charge on any atom is 0.0350 e. The van der Waals surface area contributed by atoms with Gasteiger partial charge >= 0.3 is 0 Å². The summed E-state index contributed by atoms with van der Waals surface area (Å²) in [5.74, 6) is 0.664. The van der Waals surface area contributed by atoms with Crippen LogP contribution in [0.2, 0.25) is 0 Å². The molecule has 0 spiro atoms. The lowest BCUT2D eigenvalue weighted by Gasteiger charge is -2.29. The van der Waals surface area contributed by atoms with E-state index in [2.05, 4.69) is 61.5 Å². The first-order valence-corrected chi connectivity index (χ1v) is 7.03. The van der Waals surface area contributed by atoms with E-state index in [9.17, 15) is 0 Å². The SMILES string of the molecule is CC1CC(c2ccccc2)Sc2ccccc21. The lowest BCUT2D eigenvalue weighted by Crippen LogP contribution is -2.08. The van der Waals surface area contributed by atoms with Crippen molar-refractivity contribution in [2.75, 3.05) is 0 Å². The van der Waals surface area contributed by atoms with Crippen LogP contribution in [0.15, 0.2) is 59.5 Å². The van der Waals surface area contributed by atoms with Gasteiger partial charge in [-0.05, 0) is 29.5 Å². The molecule has 2 unspecified atom stereocenters. The van der Waals surface area contributed by atoms with Crippen LogP contribution in [0.5, 0.6) is 0 Å². The number of hydrogen-bond acceptors (Lipinski definition) is 1. The predicted molar refractivity (Wildman–Crippen MR) is 74.5 cm³/mol. The normalized spacial score (nSPS) is 23.1. The molecule has 1 aliphatic rings. The summed E-state index contributed by atoms with van der Waals surface area (Å²) < 4.78 is 0. The fourth-order valence-electron chi connectivity index (χ4n) is 2.52. The quantitative estimate of drug-likeness (QED) is 0.674. The number of rotatable bonds is 1. The first-order valence-electron chi connectivity index (χ1n) is 6.15. The van der Waals surface area contributed by atoms with E-state index in [4.69, 9.17) is 0 Å². The molecule has 1 heterocycles. The second-order valence-corrected chi connectivity index (χ2v) is 5.94. The molecule has 17 heavy (non-hydrogen) atoms. The molecule has 0 radical (unpaired) electrons. The summed E-state index contributed by atoms with van der Waals surface area (Å²) in [7, 11) is 0. The summed E-state index contributed by atoms with van der Waals surface area (Å²) in [5.41, 5.74) is 2.98. The van der Waals surface area contributed by atoms with E-state index in [-0.39, 0.29) is 0 Å². The van der Waals surface area contributed by atoms with Gasteiger partial charge in [0.2, 0.25) is 0 Å². The molecule has 0 fully saturated rings. The highest BCUT2D eigenvalue weighted by atomic mass is 32.2. The lowest BCUT2D eigenvalue weighted by molar-refractivity contribution is 0.644. The average molecular weight is 240 g/mol. The Morgan fingerprint density at radius 3 is 2.47 bits per heavy atom. The van der Waals surface area contributed by atoms with Crippen LogP contribution in [0, 0.1) is 0 Å². The minimum atomic E-state index is 0.612. The van der Waals surface area contributed by atoms with Gasteiger partial charge in [0.1, 0.15) is 0 Å². The minimum Gasteiger partial charge on any atom is -0.118 e. The van der Waals surface area contributed by atoms with E-state index in [0.29, 0.717) is 11.2 Å². The molecule has 86 valence electrons. The van der Waals surface area contributed by atoms with Crippen LogP contribution < -0.4 is 0 Å².